The van der Waals surface area contributed by atoms with Crippen LogP contribution in [0.4, 0.5) is 0 Å². The van der Waals surface area contributed by atoms with E-state index in [2.05, 4.69) is 44.1 Å². The first-order valence-electron chi connectivity index (χ1n) is 7.39. The van der Waals surface area contributed by atoms with Crippen molar-refractivity contribution in [1.82, 2.24) is 10.3 Å². The highest BCUT2D eigenvalue weighted by atomic mass is 16.5. The van der Waals surface area contributed by atoms with Gasteiger partial charge in [0.2, 0.25) is 5.88 Å². The molecule has 4 heteroatoms. The number of ether oxygens (including phenoxy) is 2. The molecule has 1 heterocycles. The molecule has 0 unspecified atom stereocenters. The molecule has 0 atom stereocenters. The molecule has 1 aromatic heterocycles. The Morgan fingerprint density at radius 1 is 1.15 bits per heavy atom. The molecule has 0 spiro atoms. The first kappa shape index (κ1) is 16.9. The number of hydrogen-bond acceptors (Lipinski definition) is 4. The topological polar surface area (TPSA) is 43.4 Å². The number of aromatic nitrogens is 1. The molecule has 0 fully saturated rings. The van der Waals surface area contributed by atoms with Crippen molar-refractivity contribution in [2.75, 3.05) is 26.9 Å². The summed E-state index contributed by atoms with van der Waals surface area (Å²) in [4.78, 5) is 4.54. The Balaban J connectivity index is 2.55. The highest BCUT2D eigenvalue weighted by Gasteiger charge is 2.07. The van der Waals surface area contributed by atoms with E-state index in [-0.39, 0.29) is 0 Å². The third kappa shape index (κ3) is 6.35. The average Bonchev–Trinajstić information content (AvgIpc) is 2.38. The summed E-state index contributed by atoms with van der Waals surface area (Å²) in [5.74, 6) is 1.64. The van der Waals surface area contributed by atoms with Crippen molar-refractivity contribution in [3.05, 3.63) is 23.4 Å². The van der Waals surface area contributed by atoms with Crippen LogP contribution in [0.5, 0.6) is 5.88 Å². The van der Waals surface area contributed by atoms with Crippen LogP contribution in [0.1, 0.15) is 44.9 Å². The third-order valence-corrected chi connectivity index (χ3v) is 2.78. The highest BCUT2D eigenvalue weighted by molar-refractivity contribution is 5.26. The Labute approximate surface area is 122 Å². The number of pyridine rings is 1. The van der Waals surface area contributed by atoms with E-state index >= 15 is 0 Å². The molecule has 1 rings (SSSR count). The van der Waals surface area contributed by atoms with Gasteiger partial charge in [-0.3, -0.25) is 0 Å². The predicted octanol–water partition coefficient (Wildman–Crippen LogP) is 2.98. The van der Waals surface area contributed by atoms with Crippen LogP contribution in [0.25, 0.3) is 0 Å². The van der Waals surface area contributed by atoms with Gasteiger partial charge in [0.15, 0.2) is 0 Å². The van der Waals surface area contributed by atoms with Crippen LogP contribution in [0.15, 0.2) is 12.1 Å². The Morgan fingerprint density at radius 3 is 2.50 bits per heavy atom. The lowest BCUT2D eigenvalue weighted by Gasteiger charge is -2.12. The number of rotatable bonds is 9. The van der Waals surface area contributed by atoms with E-state index in [1.807, 2.05) is 13.1 Å². The van der Waals surface area contributed by atoms with Gasteiger partial charge in [0.25, 0.3) is 0 Å². The fourth-order valence-corrected chi connectivity index (χ4v) is 1.78. The number of nitrogens with zero attached hydrogens (tertiary/aromatic N) is 1. The molecule has 1 aromatic rings. The molecule has 0 radical (unpaired) electrons. The van der Waals surface area contributed by atoms with E-state index in [1.165, 1.54) is 5.56 Å². The maximum atomic E-state index is 5.70. The van der Waals surface area contributed by atoms with Gasteiger partial charge in [-0.25, -0.2) is 4.98 Å². The monoisotopic (exact) mass is 280 g/mol. The van der Waals surface area contributed by atoms with E-state index < -0.39 is 0 Å². The van der Waals surface area contributed by atoms with Gasteiger partial charge in [0.1, 0.15) is 6.61 Å². The van der Waals surface area contributed by atoms with Crippen molar-refractivity contribution in [3.8, 4) is 5.88 Å². The summed E-state index contributed by atoms with van der Waals surface area (Å²) >= 11 is 0. The van der Waals surface area contributed by atoms with Gasteiger partial charge in [-0.05, 0) is 30.5 Å². The smallest absolute Gasteiger partial charge is 0.213 e. The van der Waals surface area contributed by atoms with E-state index in [4.69, 9.17) is 9.47 Å². The standard InChI is InChI=1S/C16H28N2O2/c1-12(2)11-19-6-7-20-16-9-14(10-17-5)8-15(18-16)13(3)4/h8-9,12-13,17H,6-7,10-11H2,1-5H3. The average molecular weight is 280 g/mol. The molecule has 0 aliphatic rings. The van der Waals surface area contributed by atoms with Gasteiger partial charge in [-0.2, -0.15) is 0 Å². The fraction of sp³-hybridized carbons (Fsp3) is 0.688. The predicted molar refractivity (Wildman–Crippen MR) is 82.2 cm³/mol. The Kier molecular flexibility index (Phi) is 7.55. The summed E-state index contributed by atoms with van der Waals surface area (Å²) in [5.41, 5.74) is 2.26. The van der Waals surface area contributed by atoms with Crippen LogP contribution in [-0.4, -0.2) is 31.9 Å². The zero-order valence-corrected chi connectivity index (χ0v) is 13.4. The van der Waals surface area contributed by atoms with Gasteiger partial charge in [-0.15, -0.1) is 0 Å². The summed E-state index contributed by atoms with van der Waals surface area (Å²) in [5, 5.41) is 3.16. The van der Waals surface area contributed by atoms with Crippen molar-refractivity contribution >= 4 is 0 Å². The third-order valence-electron chi connectivity index (χ3n) is 2.78. The van der Waals surface area contributed by atoms with E-state index in [0.717, 1.165) is 18.8 Å². The first-order chi connectivity index (χ1) is 9.52. The minimum atomic E-state index is 0.395. The van der Waals surface area contributed by atoms with Crippen molar-refractivity contribution < 1.29 is 9.47 Å². The minimum absolute atomic E-state index is 0.395. The molecule has 0 aliphatic carbocycles. The molecule has 4 nitrogen and oxygen atoms in total. The highest BCUT2D eigenvalue weighted by Crippen LogP contribution is 2.19. The van der Waals surface area contributed by atoms with Crippen LogP contribution in [-0.2, 0) is 11.3 Å². The van der Waals surface area contributed by atoms with Gasteiger partial charge in [0.05, 0.1) is 6.61 Å². The van der Waals surface area contributed by atoms with Gasteiger partial charge >= 0.3 is 0 Å². The number of hydrogen-bond donors (Lipinski definition) is 1. The Bertz CT molecular complexity index is 392. The quantitative estimate of drug-likeness (QED) is 0.706. The lowest BCUT2D eigenvalue weighted by molar-refractivity contribution is 0.0805. The summed E-state index contributed by atoms with van der Waals surface area (Å²) in [6, 6.07) is 4.12. The minimum Gasteiger partial charge on any atom is -0.475 e. The zero-order chi connectivity index (χ0) is 15.0. The molecule has 0 amide bonds. The van der Waals surface area contributed by atoms with E-state index in [0.29, 0.717) is 30.9 Å². The second-order valence-corrected chi connectivity index (χ2v) is 5.74. The molecule has 1 N–H and O–H groups in total. The summed E-state index contributed by atoms with van der Waals surface area (Å²) < 4.78 is 11.2. The maximum absolute atomic E-state index is 5.70. The van der Waals surface area contributed by atoms with Crippen LogP contribution in [0.2, 0.25) is 0 Å². The van der Waals surface area contributed by atoms with Gasteiger partial charge in [0, 0.05) is 24.9 Å². The fourth-order valence-electron chi connectivity index (χ4n) is 1.78. The molecule has 114 valence electrons. The largest absolute Gasteiger partial charge is 0.475 e. The second-order valence-electron chi connectivity index (χ2n) is 5.74. The van der Waals surface area contributed by atoms with Crippen LogP contribution in [0, 0.1) is 5.92 Å². The first-order valence-corrected chi connectivity index (χ1v) is 7.39. The van der Waals surface area contributed by atoms with E-state index in [9.17, 15) is 0 Å². The molecule has 20 heavy (non-hydrogen) atoms. The molecule has 0 saturated carbocycles. The van der Waals surface area contributed by atoms with Crippen molar-refractivity contribution in [2.24, 2.45) is 5.92 Å². The Hall–Kier alpha value is -1.13. The second kappa shape index (κ2) is 8.93. The lowest BCUT2D eigenvalue weighted by atomic mass is 10.1. The molecule has 0 aliphatic heterocycles. The van der Waals surface area contributed by atoms with E-state index in [1.54, 1.807) is 0 Å². The SMILES string of the molecule is CNCc1cc(OCCOCC(C)C)nc(C(C)C)c1. The van der Waals surface area contributed by atoms with Gasteiger partial charge in [-0.1, -0.05) is 27.7 Å². The zero-order valence-electron chi connectivity index (χ0n) is 13.4. The van der Waals surface area contributed by atoms with Crippen molar-refractivity contribution in [3.63, 3.8) is 0 Å². The van der Waals surface area contributed by atoms with Crippen LogP contribution < -0.4 is 10.1 Å². The summed E-state index contributed by atoms with van der Waals surface area (Å²) in [7, 11) is 1.94. The van der Waals surface area contributed by atoms with Crippen molar-refractivity contribution in [1.29, 1.82) is 0 Å². The summed E-state index contributed by atoms with van der Waals surface area (Å²) in [6.07, 6.45) is 0. The van der Waals surface area contributed by atoms with Crippen LogP contribution in [0.3, 0.4) is 0 Å². The van der Waals surface area contributed by atoms with Gasteiger partial charge < -0.3 is 14.8 Å². The van der Waals surface area contributed by atoms with Crippen molar-refractivity contribution in [2.45, 2.75) is 40.2 Å². The maximum Gasteiger partial charge on any atom is 0.213 e. The Morgan fingerprint density at radius 2 is 1.90 bits per heavy atom. The molecule has 0 saturated heterocycles. The van der Waals surface area contributed by atoms with Crippen LogP contribution >= 0.6 is 0 Å². The normalized spacial score (nSPS) is 11.3. The lowest BCUT2D eigenvalue weighted by Crippen LogP contribution is -2.12. The summed E-state index contributed by atoms with van der Waals surface area (Å²) in [6.45, 7) is 11.3. The molecule has 0 bridgehead atoms. The molecule has 0 aromatic carbocycles. The number of nitrogens with one attached hydrogen (secondary N) is 1. The molecular formula is C16H28N2O2. The molecular weight excluding hydrogens is 252 g/mol.